The van der Waals surface area contributed by atoms with E-state index in [9.17, 15) is 14.4 Å². The minimum atomic E-state index is -2.19. The molecule has 2 aromatic rings. The van der Waals surface area contributed by atoms with Crippen LogP contribution < -0.4 is 0 Å². The molecule has 0 radical (unpaired) electrons. The van der Waals surface area contributed by atoms with Gasteiger partial charge in [0.1, 0.15) is 0 Å². The molecule has 0 aromatic heterocycles. The molecule has 1 atom stereocenters. The summed E-state index contributed by atoms with van der Waals surface area (Å²) >= 11 is 1.64. The van der Waals surface area contributed by atoms with E-state index in [-0.39, 0.29) is 19.8 Å². The summed E-state index contributed by atoms with van der Waals surface area (Å²) < 4.78 is 15.8. The maximum absolute atomic E-state index is 13.3. The fourth-order valence-electron chi connectivity index (χ4n) is 4.34. The summed E-state index contributed by atoms with van der Waals surface area (Å²) in [5, 5.41) is 0. The lowest BCUT2D eigenvalue weighted by molar-refractivity contribution is -0.186. The minimum Gasteiger partial charge on any atom is -0.465 e. The number of esters is 3. The number of ether oxygens (including phenoxy) is 3. The summed E-state index contributed by atoms with van der Waals surface area (Å²) in [5.74, 6) is -3.47. The number of hydrogen-bond donors (Lipinski definition) is 0. The van der Waals surface area contributed by atoms with Crippen molar-refractivity contribution in [3.63, 3.8) is 0 Å². The summed E-state index contributed by atoms with van der Waals surface area (Å²) in [4.78, 5) is 42.0. The molecule has 1 aliphatic carbocycles. The van der Waals surface area contributed by atoms with E-state index in [0.717, 1.165) is 33.8 Å². The lowest BCUT2D eigenvalue weighted by Crippen LogP contribution is -2.54. The van der Waals surface area contributed by atoms with E-state index >= 15 is 0 Å². The molecule has 0 unspecified atom stereocenters. The summed E-state index contributed by atoms with van der Waals surface area (Å²) in [7, 11) is 0. The summed E-state index contributed by atoms with van der Waals surface area (Å²) in [5.41, 5.74) is -0.395. The van der Waals surface area contributed by atoms with E-state index in [0.29, 0.717) is 6.42 Å². The van der Waals surface area contributed by atoms with Gasteiger partial charge in [0.25, 0.3) is 5.41 Å². The van der Waals surface area contributed by atoms with Crippen molar-refractivity contribution in [1.29, 1.82) is 0 Å². The fourth-order valence-corrected chi connectivity index (χ4v) is 5.24. The van der Waals surface area contributed by atoms with Gasteiger partial charge in [0.2, 0.25) is 0 Å². The standard InChI is InChI=1S/C26H30O6S/c1-4-30-23(27)26(24(28)31-5-2,25(29)32-6-3)22-14-10-11-18-17-20(15-16-21(18)22)33-19-12-8-7-9-13-19/h7-9,12-13,15-17,22H,4-6,10-11,14H2,1-3H3/t22-/m1/s1. The van der Waals surface area contributed by atoms with E-state index in [4.69, 9.17) is 14.2 Å². The number of fused-ring (bicyclic) bond motifs is 1. The second kappa shape index (κ2) is 11.4. The van der Waals surface area contributed by atoms with Gasteiger partial charge in [-0.1, -0.05) is 36.0 Å². The molecule has 6 nitrogen and oxygen atoms in total. The molecule has 7 heteroatoms. The molecule has 2 aromatic carbocycles. The predicted octanol–water partition coefficient (Wildman–Crippen LogP) is 4.93. The van der Waals surface area contributed by atoms with Crippen LogP contribution in [0, 0.1) is 5.41 Å². The van der Waals surface area contributed by atoms with Crippen molar-refractivity contribution < 1.29 is 28.6 Å². The Morgan fingerprint density at radius 2 is 1.42 bits per heavy atom. The third-order valence-electron chi connectivity index (χ3n) is 5.72. The smallest absolute Gasteiger partial charge is 0.335 e. The molecule has 33 heavy (non-hydrogen) atoms. The Bertz CT molecular complexity index is 942. The normalized spacial score (nSPS) is 15.3. The Kier molecular flexibility index (Phi) is 8.55. The van der Waals surface area contributed by atoms with Crippen LogP contribution >= 0.6 is 11.8 Å². The third-order valence-corrected chi connectivity index (χ3v) is 6.72. The van der Waals surface area contributed by atoms with Crippen LogP contribution in [0.2, 0.25) is 0 Å². The Morgan fingerprint density at radius 3 is 1.97 bits per heavy atom. The SMILES string of the molecule is CCOC(=O)C(C(=O)OCC)(C(=O)OCC)[C@@H]1CCCc2cc(Sc3ccccc3)ccc21. The summed E-state index contributed by atoms with van der Waals surface area (Å²) in [6.07, 6.45) is 1.98. The van der Waals surface area contributed by atoms with Crippen molar-refractivity contribution in [3.05, 3.63) is 59.7 Å². The van der Waals surface area contributed by atoms with Gasteiger partial charge in [0.15, 0.2) is 0 Å². The van der Waals surface area contributed by atoms with E-state index < -0.39 is 29.2 Å². The summed E-state index contributed by atoms with van der Waals surface area (Å²) in [6.45, 7) is 5.02. The highest BCUT2D eigenvalue weighted by molar-refractivity contribution is 7.99. The first-order chi connectivity index (χ1) is 16.0. The number of carbonyl (C=O) groups excluding carboxylic acids is 3. The van der Waals surface area contributed by atoms with Gasteiger partial charge in [0, 0.05) is 15.7 Å². The fraction of sp³-hybridized carbons (Fsp3) is 0.423. The molecule has 3 rings (SSSR count). The van der Waals surface area contributed by atoms with Crippen LogP contribution in [-0.2, 0) is 35.0 Å². The number of carbonyl (C=O) groups is 3. The van der Waals surface area contributed by atoms with Crippen LogP contribution in [0.3, 0.4) is 0 Å². The van der Waals surface area contributed by atoms with Gasteiger partial charge in [-0.3, -0.25) is 14.4 Å². The average Bonchev–Trinajstić information content (AvgIpc) is 2.81. The van der Waals surface area contributed by atoms with Gasteiger partial charge >= 0.3 is 17.9 Å². The molecule has 0 amide bonds. The average molecular weight is 471 g/mol. The van der Waals surface area contributed by atoms with Crippen LogP contribution in [0.15, 0.2) is 58.3 Å². The minimum absolute atomic E-state index is 0.0334. The molecule has 0 bridgehead atoms. The van der Waals surface area contributed by atoms with E-state index in [2.05, 4.69) is 6.07 Å². The molecule has 0 saturated carbocycles. The monoisotopic (exact) mass is 470 g/mol. The van der Waals surface area contributed by atoms with Crippen molar-refractivity contribution in [1.82, 2.24) is 0 Å². The van der Waals surface area contributed by atoms with Gasteiger partial charge in [-0.2, -0.15) is 0 Å². The van der Waals surface area contributed by atoms with Gasteiger partial charge in [-0.15, -0.1) is 0 Å². The number of aryl methyl sites for hydroxylation is 1. The molecule has 0 aliphatic heterocycles. The van der Waals surface area contributed by atoms with Crippen molar-refractivity contribution in [3.8, 4) is 0 Å². The number of hydrogen-bond acceptors (Lipinski definition) is 7. The Balaban J connectivity index is 2.08. The van der Waals surface area contributed by atoms with Gasteiger partial charge in [-0.05, 0) is 75.4 Å². The van der Waals surface area contributed by atoms with Crippen LogP contribution in [0.1, 0.15) is 50.7 Å². The zero-order valence-electron chi connectivity index (χ0n) is 19.3. The van der Waals surface area contributed by atoms with E-state index in [1.54, 1.807) is 32.5 Å². The van der Waals surface area contributed by atoms with Crippen LogP contribution in [0.5, 0.6) is 0 Å². The van der Waals surface area contributed by atoms with Crippen LogP contribution in [0.25, 0.3) is 0 Å². The molecule has 0 N–H and O–H groups in total. The van der Waals surface area contributed by atoms with Crippen molar-refractivity contribution in [2.24, 2.45) is 5.41 Å². The molecular weight excluding hydrogens is 440 g/mol. The first-order valence-electron chi connectivity index (χ1n) is 11.4. The molecule has 0 fully saturated rings. The zero-order chi connectivity index (χ0) is 23.8. The lowest BCUT2D eigenvalue weighted by Gasteiger charge is -2.37. The topological polar surface area (TPSA) is 78.9 Å². The number of benzene rings is 2. The molecule has 176 valence electrons. The second-order valence-corrected chi connectivity index (χ2v) is 8.84. The molecule has 0 spiro atoms. The third kappa shape index (κ3) is 5.08. The Labute approximate surface area is 199 Å². The first kappa shape index (κ1) is 24.8. The zero-order valence-corrected chi connectivity index (χ0v) is 20.1. The number of rotatable bonds is 9. The molecule has 1 aliphatic rings. The Morgan fingerprint density at radius 1 is 0.848 bits per heavy atom. The van der Waals surface area contributed by atoms with Gasteiger partial charge in [0.05, 0.1) is 19.8 Å². The molecular formula is C26H30O6S. The maximum atomic E-state index is 13.3. The second-order valence-electron chi connectivity index (χ2n) is 7.69. The first-order valence-corrected chi connectivity index (χ1v) is 12.2. The predicted molar refractivity (Wildman–Crippen MR) is 125 cm³/mol. The highest BCUT2D eigenvalue weighted by atomic mass is 32.2. The van der Waals surface area contributed by atoms with Gasteiger partial charge in [-0.25, -0.2) is 0 Å². The largest absolute Gasteiger partial charge is 0.465 e. The Hall–Kier alpha value is -2.80. The molecule has 0 heterocycles. The highest BCUT2D eigenvalue weighted by Crippen LogP contribution is 2.48. The van der Waals surface area contributed by atoms with E-state index in [1.165, 1.54) is 0 Å². The molecule has 0 saturated heterocycles. The summed E-state index contributed by atoms with van der Waals surface area (Å²) in [6, 6.07) is 16.0. The van der Waals surface area contributed by atoms with Crippen molar-refractivity contribution in [2.75, 3.05) is 19.8 Å². The van der Waals surface area contributed by atoms with Crippen molar-refractivity contribution in [2.45, 2.75) is 55.7 Å². The van der Waals surface area contributed by atoms with Crippen LogP contribution in [-0.4, -0.2) is 37.7 Å². The van der Waals surface area contributed by atoms with E-state index in [1.807, 2.05) is 42.5 Å². The van der Waals surface area contributed by atoms with Crippen LogP contribution in [0.4, 0.5) is 0 Å². The lowest BCUT2D eigenvalue weighted by atomic mass is 9.66. The highest BCUT2D eigenvalue weighted by Gasteiger charge is 2.63. The van der Waals surface area contributed by atoms with Gasteiger partial charge < -0.3 is 14.2 Å². The van der Waals surface area contributed by atoms with Crippen molar-refractivity contribution >= 4 is 29.7 Å². The quantitative estimate of drug-likeness (QED) is 0.292. The maximum Gasteiger partial charge on any atom is 0.335 e.